The third-order valence-corrected chi connectivity index (χ3v) is 9.31. The topological polar surface area (TPSA) is 47.8 Å². The molecule has 0 amide bonds. The number of likely N-dealkylation sites (tertiary alicyclic amines) is 1. The van der Waals surface area contributed by atoms with Gasteiger partial charge in [0.25, 0.3) is 0 Å². The number of nitrogens with zero attached hydrogens (tertiary/aromatic N) is 3. The molecule has 0 saturated carbocycles. The summed E-state index contributed by atoms with van der Waals surface area (Å²) in [7, 11) is 4.27. The minimum absolute atomic E-state index is 0.167. The highest BCUT2D eigenvalue weighted by Gasteiger charge is 2.34. The molecule has 2 fully saturated rings. The van der Waals surface area contributed by atoms with Crippen molar-refractivity contribution < 1.29 is 13.2 Å². The van der Waals surface area contributed by atoms with E-state index in [1.807, 2.05) is 0 Å². The van der Waals surface area contributed by atoms with Gasteiger partial charge in [-0.2, -0.15) is 13.2 Å². The summed E-state index contributed by atoms with van der Waals surface area (Å²) in [5.41, 5.74) is 9.08. The second-order valence-electron chi connectivity index (χ2n) is 10.8. The number of anilines is 2. The van der Waals surface area contributed by atoms with Crippen molar-refractivity contribution in [3.05, 3.63) is 47.0 Å². The van der Waals surface area contributed by atoms with Crippen molar-refractivity contribution in [1.29, 1.82) is 0 Å². The Morgan fingerprint density at radius 3 is 2.38 bits per heavy atom. The number of nitrogens with one attached hydrogen (secondary N) is 1. The molecule has 3 N–H and O–H groups in total. The van der Waals surface area contributed by atoms with E-state index in [-0.39, 0.29) is 6.04 Å². The molecule has 37 heavy (non-hydrogen) atoms. The number of nitrogens with two attached hydrogens (primary N) is 1. The first-order valence-corrected chi connectivity index (χ1v) is 14.2. The van der Waals surface area contributed by atoms with Crippen molar-refractivity contribution in [1.82, 2.24) is 9.80 Å². The molecule has 0 aliphatic carbocycles. The fourth-order valence-electron chi connectivity index (χ4n) is 5.84. The van der Waals surface area contributed by atoms with Crippen LogP contribution in [0, 0.1) is 0 Å². The van der Waals surface area contributed by atoms with Crippen molar-refractivity contribution in [3.8, 4) is 0 Å². The molecular formula is C28H38F3N5S. The zero-order chi connectivity index (χ0) is 26.2. The Hall–Kier alpha value is -1.94. The zero-order valence-electron chi connectivity index (χ0n) is 21.8. The normalized spacial score (nSPS) is 19.7. The van der Waals surface area contributed by atoms with Crippen LogP contribution in [0.1, 0.15) is 42.4 Å². The van der Waals surface area contributed by atoms with Crippen LogP contribution < -0.4 is 16.0 Å². The van der Waals surface area contributed by atoms with Crippen LogP contribution in [-0.2, 0) is 12.6 Å². The molecule has 3 heterocycles. The molecule has 2 saturated heterocycles. The van der Waals surface area contributed by atoms with Gasteiger partial charge in [0.2, 0.25) is 0 Å². The van der Waals surface area contributed by atoms with Crippen LogP contribution in [0.25, 0.3) is 0 Å². The Morgan fingerprint density at radius 2 is 1.73 bits per heavy atom. The van der Waals surface area contributed by atoms with Crippen LogP contribution >= 0.6 is 11.8 Å². The fraction of sp³-hybridized carbons (Fsp3) is 0.571. The summed E-state index contributed by atoms with van der Waals surface area (Å²) in [6.07, 6.45) is 0.318. The van der Waals surface area contributed by atoms with Gasteiger partial charge in [-0.25, -0.2) is 0 Å². The van der Waals surface area contributed by atoms with Gasteiger partial charge < -0.3 is 25.8 Å². The molecule has 3 aliphatic heterocycles. The first-order valence-electron chi connectivity index (χ1n) is 13.4. The molecule has 2 aromatic rings. The molecule has 0 aromatic heterocycles. The molecule has 3 aliphatic rings. The van der Waals surface area contributed by atoms with Crippen molar-refractivity contribution >= 4 is 23.1 Å². The summed E-state index contributed by atoms with van der Waals surface area (Å²) in [5.74, 6) is 0. The predicted molar refractivity (Wildman–Crippen MR) is 146 cm³/mol. The van der Waals surface area contributed by atoms with Crippen molar-refractivity contribution in [2.24, 2.45) is 5.73 Å². The van der Waals surface area contributed by atoms with E-state index in [9.17, 15) is 13.2 Å². The van der Waals surface area contributed by atoms with Gasteiger partial charge in [0, 0.05) is 78.9 Å². The minimum Gasteiger partial charge on any atom is -0.382 e. The monoisotopic (exact) mass is 533 g/mol. The molecule has 202 valence electrons. The molecule has 0 radical (unpaired) electrons. The molecule has 0 bridgehead atoms. The number of benzene rings is 2. The number of fused-ring (bicyclic) bond motifs is 2. The minimum atomic E-state index is -4.38. The van der Waals surface area contributed by atoms with Crippen LogP contribution in [0.2, 0.25) is 0 Å². The van der Waals surface area contributed by atoms with E-state index in [1.165, 1.54) is 35.1 Å². The van der Waals surface area contributed by atoms with Crippen LogP contribution in [0.4, 0.5) is 24.5 Å². The summed E-state index contributed by atoms with van der Waals surface area (Å²) in [5, 5.41) is 3.51. The Kier molecular flexibility index (Phi) is 7.96. The Bertz CT molecular complexity index is 1090. The maximum atomic E-state index is 13.9. The Balaban J connectivity index is 1.36. The van der Waals surface area contributed by atoms with Crippen molar-refractivity contribution in [3.63, 3.8) is 0 Å². The third-order valence-electron chi connectivity index (χ3n) is 8.13. The van der Waals surface area contributed by atoms with E-state index in [2.05, 4.69) is 52.3 Å². The number of rotatable bonds is 6. The summed E-state index contributed by atoms with van der Waals surface area (Å²) < 4.78 is 41.6. The van der Waals surface area contributed by atoms with Gasteiger partial charge >= 0.3 is 6.18 Å². The van der Waals surface area contributed by atoms with Crippen molar-refractivity contribution in [2.45, 2.75) is 60.2 Å². The Labute approximate surface area is 222 Å². The lowest BCUT2D eigenvalue weighted by Gasteiger charge is -2.37. The van der Waals surface area contributed by atoms with E-state index >= 15 is 0 Å². The summed E-state index contributed by atoms with van der Waals surface area (Å²) in [6.45, 7) is 5.34. The lowest BCUT2D eigenvalue weighted by Crippen LogP contribution is -2.42. The highest BCUT2D eigenvalue weighted by molar-refractivity contribution is 7.99. The molecule has 5 nitrogen and oxygen atoms in total. The van der Waals surface area contributed by atoms with Gasteiger partial charge in [0.15, 0.2) is 0 Å². The number of hydrogen-bond acceptors (Lipinski definition) is 6. The van der Waals surface area contributed by atoms with Gasteiger partial charge in [-0.1, -0.05) is 17.8 Å². The summed E-state index contributed by atoms with van der Waals surface area (Å²) in [6, 6.07) is 9.97. The summed E-state index contributed by atoms with van der Waals surface area (Å²) >= 11 is 1.48. The molecule has 9 heteroatoms. The maximum Gasteiger partial charge on any atom is 0.416 e. The SMILES string of the molecule is CN(C)C1CCN(c2ccc3c(c2)Sc2cc(C(F)(F)F)cc(NC4CCN(CCN)CC4)c2C3)CC1. The number of alkyl halides is 3. The van der Waals surface area contributed by atoms with E-state index in [1.54, 1.807) is 0 Å². The number of hydrogen-bond donors (Lipinski definition) is 2. The van der Waals surface area contributed by atoms with E-state index in [4.69, 9.17) is 5.73 Å². The molecule has 5 rings (SSSR count). The first kappa shape index (κ1) is 26.7. The van der Waals surface area contributed by atoms with E-state index in [0.717, 1.165) is 68.9 Å². The predicted octanol–water partition coefficient (Wildman–Crippen LogP) is 5.13. The standard InChI is InChI=1S/C28H38F3N5S/c1-34(2)22-7-12-36(13-8-22)23-4-3-19-15-24-25(33-21-5-10-35(11-6-21)14-9-32)16-20(28(29,30)31)17-27(24)37-26(19)18-23/h3-4,16-18,21-22,33H,5-15,32H2,1-2H3. The smallest absolute Gasteiger partial charge is 0.382 e. The van der Waals surface area contributed by atoms with Crippen LogP contribution in [0.5, 0.6) is 0 Å². The average molecular weight is 534 g/mol. The van der Waals surface area contributed by atoms with Gasteiger partial charge in [-0.15, -0.1) is 0 Å². The lowest BCUT2D eigenvalue weighted by molar-refractivity contribution is -0.137. The summed E-state index contributed by atoms with van der Waals surface area (Å²) in [4.78, 5) is 8.82. The van der Waals surface area contributed by atoms with Crippen LogP contribution in [0.15, 0.2) is 40.1 Å². The second kappa shape index (κ2) is 11.0. The lowest BCUT2D eigenvalue weighted by atomic mass is 9.97. The van der Waals surface area contributed by atoms with E-state index < -0.39 is 11.7 Å². The zero-order valence-corrected chi connectivity index (χ0v) is 22.6. The molecule has 2 aromatic carbocycles. The number of piperidine rings is 2. The van der Waals surface area contributed by atoms with Crippen molar-refractivity contribution in [2.75, 3.05) is 63.6 Å². The Morgan fingerprint density at radius 1 is 1.00 bits per heavy atom. The first-order chi connectivity index (χ1) is 17.7. The maximum absolute atomic E-state index is 13.9. The highest BCUT2D eigenvalue weighted by atomic mass is 32.2. The quantitative estimate of drug-likeness (QED) is 0.459. The van der Waals surface area contributed by atoms with Gasteiger partial charge in [-0.05, 0) is 75.2 Å². The molecule has 0 unspecified atom stereocenters. The molecular weight excluding hydrogens is 495 g/mol. The largest absolute Gasteiger partial charge is 0.416 e. The van der Waals surface area contributed by atoms with Gasteiger partial charge in [0.05, 0.1) is 5.56 Å². The molecule has 0 atom stereocenters. The van der Waals surface area contributed by atoms with Crippen LogP contribution in [0.3, 0.4) is 0 Å². The van der Waals surface area contributed by atoms with Gasteiger partial charge in [0.1, 0.15) is 0 Å². The van der Waals surface area contributed by atoms with Gasteiger partial charge in [-0.3, -0.25) is 0 Å². The fourth-order valence-corrected chi connectivity index (χ4v) is 7.02. The third kappa shape index (κ3) is 6.05. The number of halogens is 3. The molecule has 0 spiro atoms. The van der Waals surface area contributed by atoms with Crippen LogP contribution in [-0.4, -0.2) is 75.2 Å². The average Bonchev–Trinajstić information content (AvgIpc) is 2.88. The highest BCUT2D eigenvalue weighted by Crippen LogP contribution is 2.46. The second-order valence-corrected chi connectivity index (χ2v) is 11.9. The van der Waals surface area contributed by atoms with E-state index in [0.29, 0.717) is 29.6 Å².